The van der Waals surface area contributed by atoms with Crippen LogP contribution in [0.4, 0.5) is 30.6 Å². The molecule has 0 spiro atoms. The van der Waals surface area contributed by atoms with Gasteiger partial charge in [-0.1, -0.05) is 0 Å². The topological polar surface area (TPSA) is 70.6 Å². The number of halogens is 3. The molecule has 1 amide bonds. The molecule has 0 radical (unpaired) electrons. The lowest BCUT2D eigenvalue weighted by molar-refractivity contribution is -0.119. The molecule has 0 saturated heterocycles. The van der Waals surface area contributed by atoms with Gasteiger partial charge in [-0.25, -0.2) is 18.2 Å². The lowest BCUT2D eigenvalue weighted by Gasteiger charge is -2.39. The van der Waals surface area contributed by atoms with Crippen LogP contribution in [-0.4, -0.2) is 47.7 Å². The Morgan fingerprint density at radius 2 is 1.84 bits per heavy atom. The summed E-state index contributed by atoms with van der Waals surface area (Å²) < 4.78 is 45.3. The minimum absolute atomic E-state index is 0.0116. The van der Waals surface area contributed by atoms with Gasteiger partial charge in [0.25, 0.3) is 0 Å². The number of aryl methyl sites for hydroxylation is 1. The largest absolute Gasteiger partial charge is 0.490 e. The van der Waals surface area contributed by atoms with Gasteiger partial charge in [-0.15, -0.1) is 0 Å². The molecule has 1 aromatic heterocycles. The van der Waals surface area contributed by atoms with Gasteiger partial charge in [0.05, 0.1) is 5.69 Å². The Hall–Kier alpha value is -3.04. The highest BCUT2D eigenvalue weighted by Crippen LogP contribution is 2.37. The highest BCUT2D eigenvalue weighted by atomic mass is 19.2. The summed E-state index contributed by atoms with van der Waals surface area (Å²) in [6.45, 7) is 6.13. The molecule has 1 atom stereocenters. The van der Waals surface area contributed by atoms with Crippen molar-refractivity contribution in [3.63, 3.8) is 0 Å². The Morgan fingerprint density at radius 1 is 1.19 bits per heavy atom. The van der Waals surface area contributed by atoms with Crippen molar-refractivity contribution in [2.24, 2.45) is 0 Å². The highest BCUT2D eigenvalue weighted by Gasteiger charge is 2.37. The second-order valence-electron chi connectivity index (χ2n) is 7.93. The van der Waals surface area contributed by atoms with Gasteiger partial charge in [0, 0.05) is 44.6 Å². The molecule has 2 heterocycles. The molecule has 10 heteroatoms. The Morgan fingerprint density at radius 3 is 2.45 bits per heavy atom. The van der Waals surface area contributed by atoms with E-state index in [1.807, 2.05) is 32.7 Å². The number of likely N-dealkylation sites (N-methyl/N-ethyl adjacent to an activating group) is 2. The van der Waals surface area contributed by atoms with E-state index in [4.69, 9.17) is 4.74 Å². The maximum atomic E-state index is 13.3. The first-order chi connectivity index (χ1) is 14.7. The summed E-state index contributed by atoms with van der Waals surface area (Å²) in [5.41, 5.74) is 1.42. The molecule has 1 saturated carbocycles. The summed E-state index contributed by atoms with van der Waals surface area (Å²) >= 11 is 0. The fourth-order valence-corrected chi connectivity index (χ4v) is 3.93. The summed E-state index contributed by atoms with van der Waals surface area (Å²) in [5.74, 6) is -2.96. The average Bonchev–Trinajstić information content (AvgIpc) is 2.69. The molecular formula is C21H24F3N5O2. The summed E-state index contributed by atoms with van der Waals surface area (Å²) in [6.07, 6.45) is 0.897. The number of amides is 1. The molecule has 166 valence electrons. The molecule has 1 aliphatic heterocycles. The Labute approximate surface area is 178 Å². The van der Waals surface area contributed by atoms with Crippen molar-refractivity contribution in [3.05, 3.63) is 35.3 Å². The first-order valence-corrected chi connectivity index (χ1v) is 10.2. The molecule has 0 bridgehead atoms. The monoisotopic (exact) mass is 435 g/mol. The predicted octanol–water partition coefficient (Wildman–Crippen LogP) is 3.42. The maximum absolute atomic E-state index is 13.3. The van der Waals surface area contributed by atoms with E-state index in [9.17, 15) is 18.0 Å². The van der Waals surface area contributed by atoms with E-state index in [0.717, 1.165) is 12.1 Å². The fraction of sp³-hybridized carbons (Fsp3) is 0.476. The van der Waals surface area contributed by atoms with Crippen LogP contribution in [0, 0.1) is 24.4 Å². The second kappa shape index (κ2) is 7.90. The predicted molar refractivity (Wildman–Crippen MR) is 110 cm³/mol. The van der Waals surface area contributed by atoms with Crippen LogP contribution in [0.2, 0.25) is 0 Å². The first kappa shape index (κ1) is 21.2. The zero-order valence-corrected chi connectivity index (χ0v) is 17.7. The number of aromatic nitrogens is 2. The molecule has 1 fully saturated rings. The average molecular weight is 435 g/mol. The highest BCUT2D eigenvalue weighted by molar-refractivity contribution is 6.05. The van der Waals surface area contributed by atoms with Gasteiger partial charge in [0.15, 0.2) is 23.3 Å². The molecule has 7 nitrogen and oxygen atoms in total. The number of nitrogens with one attached hydrogen (secondary N) is 1. The molecule has 4 rings (SSSR count). The molecule has 31 heavy (non-hydrogen) atoms. The number of anilines is 3. The molecule has 2 aliphatic rings. The molecule has 1 aliphatic carbocycles. The van der Waals surface area contributed by atoms with E-state index >= 15 is 0 Å². The SMILES string of the molecule is CCN1C(=O)[C@H](C)N(C)c2nc(N[C@H]3C[C@H](Oc4cc(F)c(F)c(F)c4)C3)nc(C)c21. The minimum atomic E-state index is -1.51. The smallest absolute Gasteiger partial charge is 0.249 e. The number of ether oxygens (including phenoxy) is 1. The van der Waals surface area contributed by atoms with Crippen LogP contribution >= 0.6 is 0 Å². The number of nitrogens with zero attached hydrogens (tertiary/aromatic N) is 4. The van der Waals surface area contributed by atoms with Crippen molar-refractivity contribution in [3.8, 4) is 5.75 Å². The third-order valence-corrected chi connectivity index (χ3v) is 5.85. The normalized spacial score (nSPS) is 22.8. The third-order valence-electron chi connectivity index (χ3n) is 5.85. The number of hydrogen-bond donors (Lipinski definition) is 1. The molecule has 1 N–H and O–H groups in total. The lowest BCUT2D eigenvalue weighted by Crippen LogP contribution is -2.51. The van der Waals surface area contributed by atoms with E-state index in [-0.39, 0.29) is 29.8 Å². The van der Waals surface area contributed by atoms with Gasteiger partial charge in [-0.2, -0.15) is 4.98 Å². The van der Waals surface area contributed by atoms with Gasteiger partial charge < -0.3 is 19.9 Å². The van der Waals surface area contributed by atoms with Crippen molar-refractivity contribution in [1.82, 2.24) is 9.97 Å². The number of hydrogen-bond acceptors (Lipinski definition) is 6. The summed E-state index contributed by atoms with van der Waals surface area (Å²) in [7, 11) is 1.83. The van der Waals surface area contributed by atoms with Crippen molar-refractivity contribution in [2.45, 2.75) is 51.8 Å². The van der Waals surface area contributed by atoms with Crippen LogP contribution in [0.1, 0.15) is 32.4 Å². The van der Waals surface area contributed by atoms with Crippen LogP contribution in [0.25, 0.3) is 0 Å². The van der Waals surface area contributed by atoms with E-state index in [1.165, 1.54) is 0 Å². The molecule has 2 aromatic rings. The second-order valence-corrected chi connectivity index (χ2v) is 7.93. The van der Waals surface area contributed by atoms with Gasteiger partial charge in [-0.3, -0.25) is 4.79 Å². The maximum Gasteiger partial charge on any atom is 0.249 e. The van der Waals surface area contributed by atoms with E-state index in [0.29, 0.717) is 42.5 Å². The fourth-order valence-electron chi connectivity index (χ4n) is 3.93. The van der Waals surface area contributed by atoms with E-state index in [1.54, 1.807) is 4.90 Å². The van der Waals surface area contributed by atoms with Crippen LogP contribution < -0.4 is 19.9 Å². The van der Waals surface area contributed by atoms with Gasteiger partial charge in [-0.05, 0) is 20.8 Å². The first-order valence-electron chi connectivity index (χ1n) is 10.2. The third kappa shape index (κ3) is 3.75. The standard InChI is InChI=1S/C21H24F3N5O2/c1-5-29-18-10(2)25-21(27-19(18)28(4)11(3)20(29)30)26-12-6-13(7-12)31-14-8-15(22)17(24)16(23)9-14/h8-9,11-13H,5-7H2,1-4H3,(H,25,26,27)/t11-,12-,13-/m0/s1. The van der Waals surface area contributed by atoms with Gasteiger partial charge >= 0.3 is 0 Å². The zero-order valence-electron chi connectivity index (χ0n) is 17.7. The molecule has 0 unspecified atom stereocenters. The Kier molecular flexibility index (Phi) is 5.40. The minimum Gasteiger partial charge on any atom is -0.490 e. The van der Waals surface area contributed by atoms with Crippen LogP contribution in [0.3, 0.4) is 0 Å². The van der Waals surface area contributed by atoms with Crippen molar-refractivity contribution < 1.29 is 22.7 Å². The zero-order chi connectivity index (χ0) is 22.4. The van der Waals surface area contributed by atoms with Gasteiger partial charge in [0.1, 0.15) is 23.6 Å². The quantitative estimate of drug-likeness (QED) is 0.726. The van der Waals surface area contributed by atoms with Crippen molar-refractivity contribution in [1.29, 1.82) is 0 Å². The molecular weight excluding hydrogens is 411 g/mol. The lowest BCUT2D eigenvalue weighted by atomic mass is 9.89. The molecule has 1 aromatic carbocycles. The summed E-state index contributed by atoms with van der Waals surface area (Å²) in [6, 6.07) is 1.38. The number of rotatable bonds is 5. The summed E-state index contributed by atoms with van der Waals surface area (Å²) in [4.78, 5) is 25.3. The Balaban J connectivity index is 1.44. The van der Waals surface area contributed by atoms with E-state index < -0.39 is 17.5 Å². The Bertz CT molecular complexity index is 1010. The van der Waals surface area contributed by atoms with E-state index in [2.05, 4.69) is 15.3 Å². The van der Waals surface area contributed by atoms with Crippen LogP contribution in [0.5, 0.6) is 5.75 Å². The number of benzene rings is 1. The number of carbonyl (C=O) groups excluding carboxylic acids is 1. The van der Waals surface area contributed by atoms with Crippen molar-refractivity contribution in [2.75, 3.05) is 28.7 Å². The number of carbonyl (C=O) groups is 1. The summed E-state index contributed by atoms with van der Waals surface area (Å²) in [5, 5.41) is 3.26. The number of fused-ring (bicyclic) bond motifs is 1. The van der Waals surface area contributed by atoms with Crippen molar-refractivity contribution >= 4 is 23.4 Å². The van der Waals surface area contributed by atoms with Crippen LogP contribution in [0.15, 0.2) is 12.1 Å². The van der Waals surface area contributed by atoms with Crippen LogP contribution in [-0.2, 0) is 4.79 Å². The van der Waals surface area contributed by atoms with Gasteiger partial charge in [0.2, 0.25) is 11.9 Å².